The monoisotopic (exact) mass is 304 g/mol. The molecule has 0 amide bonds. The maximum atomic E-state index is 13.2. The van der Waals surface area contributed by atoms with E-state index in [1.54, 1.807) is 4.98 Å². The van der Waals surface area contributed by atoms with E-state index in [9.17, 15) is 23.2 Å². The van der Waals surface area contributed by atoms with E-state index >= 15 is 0 Å². The molecule has 1 N–H and O–H groups in total. The van der Waals surface area contributed by atoms with Crippen LogP contribution in [0, 0.1) is 5.82 Å². The van der Waals surface area contributed by atoms with Gasteiger partial charge >= 0.3 is 11.7 Å². The van der Waals surface area contributed by atoms with Crippen molar-refractivity contribution < 1.29 is 23.0 Å². The summed E-state index contributed by atoms with van der Waals surface area (Å²) in [7, 11) is 0. The molecule has 0 bridgehead atoms. The highest BCUT2D eigenvalue weighted by atomic mass is 19.1. The molecule has 21 heavy (non-hydrogen) atoms. The van der Waals surface area contributed by atoms with Crippen LogP contribution in [0.4, 0.5) is 8.78 Å². The van der Waals surface area contributed by atoms with Gasteiger partial charge in [0, 0.05) is 6.92 Å². The van der Waals surface area contributed by atoms with Crippen LogP contribution in [0.15, 0.2) is 15.8 Å². The van der Waals surface area contributed by atoms with E-state index in [1.807, 2.05) is 0 Å². The molecule has 1 aliphatic rings. The van der Waals surface area contributed by atoms with E-state index in [1.165, 1.54) is 6.92 Å². The summed E-state index contributed by atoms with van der Waals surface area (Å²) in [5, 5.41) is 0. The van der Waals surface area contributed by atoms with Crippen molar-refractivity contribution in [3.05, 3.63) is 32.9 Å². The van der Waals surface area contributed by atoms with Gasteiger partial charge in [-0.05, 0) is 12.8 Å². The lowest BCUT2D eigenvalue weighted by atomic mass is 10.0. The first-order valence-electron chi connectivity index (χ1n) is 6.25. The third-order valence-corrected chi connectivity index (χ3v) is 3.25. The average Bonchev–Trinajstić information content (AvgIpc) is 2.85. The van der Waals surface area contributed by atoms with Crippen molar-refractivity contribution >= 4 is 5.97 Å². The van der Waals surface area contributed by atoms with Gasteiger partial charge < -0.3 is 9.47 Å². The van der Waals surface area contributed by atoms with Gasteiger partial charge in [-0.15, -0.1) is 0 Å². The Morgan fingerprint density at radius 2 is 2.33 bits per heavy atom. The first-order chi connectivity index (χ1) is 9.87. The number of nitrogens with zero attached hydrogens (tertiary/aromatic N) is 1. The number of hydrogen-bond acceptors (Lipinski definition) is 5. The van der Waals surface area contributed by atoms with Crippen LogP contribution < -0.4 is 11.2 Å². The molecule has 7 nitrogen and oxygen atoms in total. The zero-order chi connectivity index (χ0) is 15.6. The predicted molar refractivity (Wildman–Crippen MR) is 66.0 cm³/mol. The largest absolute Gasteiger partial charge is 0.463 e. The lowest BCUT2D eigenvalue weighted by molar-refractivity contribution is -0.158. The van der Waals surface area contributed by atoms with Gasteiger partial charge in [0.2, 0.25) is 5.82 Å². The predicted octanol–water partition coefficient (Wildman–Crippen LogP) is 0.256. The van der Waals surface area contributed by atoms with Crippen molar-refractivity contribution in [3.63, 3.8) is 0 Å². The second-order valence-electron chi connectivity index (χ2n) is 4.85. The zero-order valence-electron chi connectivity index (χ0n) is 11.2. The van der Waals surface area contributed by atoms with Gasteiger partial charge in [0.05, 0.1) is 6.20 Å². The molecule has 9 heteroatoms. The lowest BCUT2D eigenvalue weighted by Crippen LogP contribution is -2.39. The molecule has 0 aliphatic carbocycles. The van der Waals surface area contributed by atoms with Gasteiger partial charge in [-0.25, -0.2) is 9.18 Å². The third-order valence-electron chi connectivity index (χ3n) is 3.25. The Hall–Kier alpha value is -2.03. The summed E-state index contributed by atoms with van der Waals surface area (Å²) >= 11 is 0. The van der Waals surface area contributed by atoms with Crippen molar-refractivity contribution in [2.75, 3.05) is 13.3 Å². The molecule has 0 spiro atoms. The smallest absolute Gasteiger partial charge is 0.330 e. The summed E-state index contributed by atoms with van der Waals surface area (Å²) in [6.07, 6.45) is 0.187. The maximum absolute atomic E-state index is 13.2. The number of alkyl halides is 1. The molecule has 2 atom stereocenters. The lowest BCUT2D eigenvalue weighted by Gasteiger charge is -2.25. The number of hydrogen-bond donors (Lipinski definition) is 1. The Morgan fingerprint density at radius 3 is 2.95 bits per heavy atom. The number of aromatic amines is 1. The minimum absolute atomic E-state index is 0.189. The molecule has 116 valence electrons. The van der Waals surface area contributed by atoms with Crippen molar-refractivity contribution in [2.24, 2.45) is 0 Å². The Kier molecular flexibility index (Phi) is 4.21. The number of halogens is 2. The van der Waals surface area contributed by atoms with Gasteiger partial charge in [-0.2, -0.15) is 4.39 Å². The number of rotatable bonds is 4. The fourth-order valence-corrected chi connectivity index (χ4v) is 2.14. The summed E-state index contributed by atoms with van der Waals surface area (Å²) in [4.78, 5) is 35.2. The molecule has 1 aliphatic heterocycles. The van der Waals surface area contributed by atoms with Gasteiger partial charge in [0.15, 0.2) is 0 Å². The molecule has 0 radical (unpaired) electrons. The van der Waals surface area contributed by atoms with Gasteiger partial charge in [-0.3, -0.25) is 19.1 Å². The summed E-state index contributed by atoms with van der Waals surface area (Å²) in [5.41, 5.74) is -3.35. The van der Waals surface area contributed by atoms with Crippen LogP contribution >= 0.6 is 0 Å². The first kappa shape index (κ1) is 15.4. The summed E-state index contributed by atoms with van der Waals surface area (Å²) in [6.45, 7) is -0.0343. The molecule has 2 heterocycles. The quantitative estimate of drug-likeness (QED) is 0.806. The third kappa shape index (κ3) is 3.18. The summed E-state index contributed by atoms with van der Waals surface area (Å²) < 4.78 is 37.5. The number of ether oxygens (including phenoxy) is 2. The number of aromatic nitrogens is 2. The molecule has 1 aromatic rings. The van der Waals surface area contributed by atoms with Crippen LogP contribution in [-0.4, -0.2) is 34.4 Å². The number of carbonyl (C=O) groups excluding carboxylic acids is 1. The molecule has 1 saturated heterocycles. The van der Waals surface area contributed by atoms with Crippen molar-refractivity contribution in [1.82, 2.24) is 9.55 Å². The molecule has 1 aromatic heterocycles. The standard InChI is InChI=1S/C12H14F2N2O5/c1-7(17)20-6-12(5-13)3-2-9(21-12)16-4-8(14)10(18)15-11(16)19/h4,9H,2-3,5-6H2,1H3,(H,15,18,19)/t9-,12-/m1/s1. The van der Waals surface area contributed by atoms with Gasteiger partial charge in [-0.1, -0.05) is 0 Å². The van der Waals surface area contributed by atoms with E-state index in [2.05, 4.69) is 0 Å². The highest BCUT2D eigenvalue weighted by Crippen LogP contribution is 2.36. The van der Waals surface area contributed by atoms with E-state index < -0.39 is 41.5 Å². The Bertz CT molecular complexity index is 656. The van der Waals surface area contributed by atoms with E-state index in [-0.39, 0.29) is 19.4 Å². The van der Waals surface area contributed by atoms with Crippen LogP contribution in [0.2, 0.25) is 0 Å². The number of nitrogens with one attached hydrogen (secondary N) is 1. The SMILES string of the molecule is CC(=O)OC[C@]1(CF)CC[C@H](n2cc(F)c(=O)[nH]c2=O)O1. The van der Waals surface area contributed by atoms with Crippen molar-refractivity contribution in [3.8, 4) is 0 Å². The van der Waals surface area contributed by atoms with Crippen LogP contribution in [0.5, 0.6) is 0 Å². The Balaban J connectivity index is 2.21. The minimum atomic E-state index is -1.36. The second kappa shape index (κ2) is 5.76. The fourth-order valence-electron chi connectivity index (χ4n) is 2.14. The molecule has 0 saturated carbocycles. The summed E-state index contributed by atoms with van der Waals surface area (Å²) in [5.74, 6) is -1.72. The Morgan fingerprint density at radius 1 is 1.62 bits per heavy atom. The van der Waals surface area contributed by atoms with Crippen LogP contribution in [0.1, 0.15) is 26.0 Å². The normalized spacial score (nSPS) is 25.0. The molecule has 0 aromatic carbocycles. The molecule has 1 fully saturated rings. The maximum Gasteiger partial charge on any atom is 0.330 e. The van der Waals surface area contributed by atoms with Gasteiger partial charge in [0.1, 0.15) is 25.1 Å². The van der Waals surface area contributed by atoms with E-state index in [4.69, 9.17) is 9.47 Å². The zero-order valence-corrected chi connectivity index (χ0v) is 11.2. The Labute approximate surface area is 117 Å². The van der Waals surface area contributed by atoms with Gasteiger partial charge in [0.25, 0.3) is 5.56 Å². The molecule has 0 unspecified atom stereocenters. The van der Waals surface area contributed by atoms with E-state index in [0.717, 1.165) is 4.57 Å². The number of esters is 1. The second-order valence-corrected chi connectivity index (χ2v) is 4.85. The highest BCUT2D eigenvalue weighted by Gasteiger charge is 2.42. The highest BCUT2D eigenvalue weighted by molar-refractivity contribution is 5.65. The van der Waals surface area contributed by atoms with Crippen LogP contribution in [0.25, 0.3) is 0 Å². The van der Waals surface area contributed by atoms with E-state index in [0.29, 0.717) is 6.20 Å². The number of carbonyl (C=O) groups is 1. The van der Waals surface area contributed by atoms with Crippen LogP contribution in [0.3, 0.4) is 0 Å². The molecular weight excluding hydrogens is 290 g/mol. The fraction of sp³-hybridized carbons (Fsp3) is 0.583. The first-order valence-corrected chi connectivity index (χ1v) is 6.25. The van der Waals surface area contributed by atoms with Crippen LogP contribution in [-0.2, 0) is 14.3 Å². The summed E-state index contributed by atoms with van der Waals surface area (Å²) in [6, 6.07) is 0. The van der Waals surface area contributed by atoms with Crippen molar-refractivity contribution in [1.29, 1.82) is 0 Å². The number of H-pyrrole nitrogens is 1. The topological polar surface area (TPSA) is 90.4 Å². The van der Waals surface area contributed by atoms with Crippen molar-refractivity contribution in [2.45, 2.75) is 31.6 Å². The average molecular weight is 304 g/mol. The minimum Gasteiger partial charge on any atom is -0.463 e. The molecular formula is C12H14F2N2O5. The molecule has 2 rings (SSSR count).